The first-order valence-electron chi connectivity index (χ1n) is 11.8. The van der Waals surface area contributed by atoms with Crippen LogP contribution in [0.25, 0.3) is 11.0 Å². The van der Waals surface area contributed by atoms with E-state index in [1.165, 1.54) is 18.1 Å². The molecular weight excluding hydrogens is 456 g/mol. The number of carbonyl (C=O) groups is 1. The Balaban J connectivity index is 1.51. The molecule has 0 unspecified atom stereocenters. The summed E-state index contributed by atoms with van der Waals surface area (Å²) >= 11 is 0. The fourth-order valence-corrected chi connectivity index (χ4v) is 4.89. The van der Waals surface area contributed by atoms with Crippen molar-refractivity contribution in [1.29, 1.82) is 0 Å². The zero-order chi connectivity index (χ0) is 24.7. The summed E-state index contributed by atoms with van der Waals surface area (Å²) in [5, 5.41) is 4.25. The van der Waals surface area contributed by atoms with Crippen molar-refractivity contribution in [3.8, 4) is 5.75 Å². The lowest BCUT2D eigenvalue weighted by Gasteiger charge is -2.35. The maximum Gasteiger partial charge on any atom is 0.329 e. The molecule has 0 aliphatic carbocycles. The molecule has 4 heterocycles. The summed E-state index contributed by atoms with van der Waals surface area (Å²) in [6.07, 6.45) is 3.69. The number of urea groups is 1. The van der Waals surface area contributed by atoms with Crippen LogP contribution in [0.4, 0.5) is 25.0 Å². The van der Waals surface area contributed by atoms with Crippen LogP contribution >= 0.6 is 0 Å². The first kappa shape index (κ1) is 23.5. The summed E-state index contributed by atoms with van der Waals surface area (Å²) in [6.45, 7) is 3.97. The lowest BCUT2D eigenvalue weighted by atomic mass is 10.0. The summed E-state index contributed by atoms with van der Waals surface area (Å²) in [5.41, 5.74) is 2.88. The Bertz CT molecular complexity index is 1270. The van der Waals surface area contributed by atoms with Gasteiger partial charge in [-0.3, -0.25) is 9.80 Å². The van der Waals surface area contributed by atoms with Crippen LogP contribution in [0.3, 0.4) is 0 Å². The number of amides is 2. The number of rotatable bonds is 7. The number of hydrogen-bond donors (Lipinski definition) is 2. The third-order valence-corrected chi connectivity index (χ3v) is 6.68. The second kappa shape index (κ2) is 9.43. The van der Waals surface area contributed by atoms with Crippen LogP contribution in [0.2, 0.25) is 0 Å². The van der Waals surface area contributed by atoms with Gasteiger partial charge in [-0.15, -0.1) is 0 Å². The number of anilines is 2. The molecule has 1 aromatic carbocycles. The van der Waals surface area contributed by atoms with Crippen molar-refractivity contribution >= 4 is 28.4 Å². The summed E-state index contributed by atoms with van der Waals surface area (Å²) in [4.78, 5) is 23.8. The molecule has 2 aliphatic heterocycles. The minimum absolute atomic E-state index is 0.00774. The second-order valence-electron chi connectivity index (χ2n) is 9.02. The molecule has 2 amide bonds. The largest absolute Gasteiger partial charge is 0.494 e. The van der Waals surface area contributed by atoms with E-state index in [1.54, 1.807) is 13.2 Å². The summed E-state index contributed by atoms with van der Waals surface area (Å²) < 4.78 is 41.2. The van der Waals surface area contributed by atoms with Gasteiger partial charge in [0.2, 0.25) is 0 Å². The molecule has 1 saturated heterocycles. The Morgan fingerprint density at radius 1 is 1.29 bits per heavy atom. The highest BCUT2D eigenvalue weighted by Gasteiger charge is 2.36. The molecule has 3 aromatic rings. The van der Waals surface area contributed by atoms with E-state index in [-0.39, 0.29) is 12.3 Å². The number of ether oxygens (including phenoxy) is 2. The molecule has 0 bridgehead atoms. The van der Waals surface area contributed by atoms with Crippen LogP contribution in [0.5, 0.6) is 5.75 Å². The van der Waals surface area contributed by atoms with Crippen molar-refractivity contribution in [2.45, 2.75) is 45.3 Å². The van der Waals surface area contributed by atoms with Gasteiger partial charge >= 0.3 is 6.03 Å². The predicted octanol–water partition coefficient (Wildman–Crippen LogP) is 4.26. The van der Waals surface area contributed by atoms with Crippen molar-refractivity contribution < 1.29 is 23.0 Å². The number of hydrogen-bond acceptors (Lipinski definition) is 5. The Labute approximate surface area is 202 Å². The van der Waals surface area contributed by atoms with Gasteiger partial charge in [0.05, 0.1) is 25.9 Å². The molecule has 2 aromatic heterocycles. The van der Waals surface area contributed by atoms with Crippen LogP contribution in [0.15, 0.2) is 18.3 Å². The molecule has 5 rings (SSSR count). The quantitative estimate of drug-likeness (QED) is 0.523. The molecule has 0 radical (unpaired) electrons. The topological polar surface area (TPSA) is 82.7 Å². The van der Waals surface area contributed by atoms with E-state index in [0.29, 0.717) is 54.5 Å². The van der Waals surface area contributed by atoms with Crippen LogP contribution in [0, 0.1) is 11.6 Å². The number of nitrogens with one attached hydrogen (secondary N) is 2. The van der Waals surface area contributed by atoms with Crippen molar-refractivity contribution in [3.05, 3.63) is 46.8 Å². The van der Waals surface area contributed by atoms with E-state index < -0.39 is 23.4 Å². The van der Waals surface area contributed by atoms with Crippen molar-refractivity contribution in [2.75, 3.05) is 37.2 Å². The fourth-order valence-electron chi connectivity index (χ4n) is 4.89. The number of aryl methyl sites for hydroxylation is 1. The zero-order valence-electron chi connectivity index (χ0n) is 20.1. The number of carbonyl (C=O) groups excluding carboxylic acids is 1. The number of methoxy groups -OCH3 is 1. The third-order valence-electron chi connectivity index (χ3n) is 6.68. The van der Waals surface area contributed by atoms with Gasteiger partial charge in [-0.25, -0.2) is 18.6 Å². The molecule has 1 fully saturated rings. The molecule has 2 aliphatic rings. The van der Waals surface area contributed by atoms with E-state index in [2.05, 4.69) is 15.3 Å². The van der Waals surface area contributed by atoms with E-state index in [4.69, 9.17) is 9.47 Å². The minimum Gasteiger partial charge on any atom is -0.494 e. The lowest BCUT2D eigenvalue weighted by molar-refractivity contribution is 0.189. The van der Waals surface area contributed by atoms with Gasteiger partial charge in [-0.1, -0.05) is 13.3 Å². The third kappa shape index (κ3) is 4.10. The van der Waals surface area contributed by atoms with Gasteiger partial charge in [0.15, 0.2) is 17.4 Å². The number of aromatic amines is 1. The smallest absolute Gasteiger partial charge is 0.329 e. The number of halogens is 2. The van der Waals surface area contributed by atoms with Crippen molar-refractivity contribution in [2.24, 2.45) is 0 Å². The number of pyridine rings is 1. The molecule has 10 heteroatoms. The molecule has 2 N–H and O–H groups in total. The van der Waals surface area contributed by atoms with Gasteiger partial charge in [0.25, 0.3) is 0 Å². The second-order valence-corrected chi connectivity index (χ2v) is 9.02. The zero-order valence-corrected chi connectivity index (χ0v) is 20.1. The monoisotopic (exact) mass is 485 g/mol. The van der Waals surface area contributed by atoms with Crippen LogP contribution in [-0.4, -0.2) is 49.4 Å². The lowest BCUT2D eigenvalue weighted by Crippen LogP contribution is -2.46. The molecule has 8 nitrogen and oxygen atoms in total. The summed E-state index contributed by atoms with van der Waals surface area (Å²) in [5.74, 6) is -1.72. The minimum atomic E-state index is -0.894. The van der Waals surface area contributed by atoms with Crippen LogP contribution in [-0.2, 0) is 24.2 Å². The maximum absolute atomic E-state index is 15.4. The van der Waals surface area contributed by atoms with Gasteiger partial charge in [0, 0.05) is 49.1 Å². The van der Waals surface area contributed by atoms with Gasteiger partial charge in [-0.05, 0) is 30.5 Å². The Morgan fingerprint density at radius 2 is 2.11 bits per heavy atom. The van der Waals surface area contributed by atoms with E-state index in [1.807, 2.05) is 13.0 Å². The van der Waals surface area contributed by atoms with Gasteiger partial charge in [0.1, 0.15) is 11.3 Å². The average molecular weight is 486 g/mol. The highest BCUT2D eigenvalue weighted by molar-refractivity contribution is 6.11. The van der Waals surface area contributed by atoms with Gasteiger partial charge in [-0.2, -0.15) is 0 Å². The van der Waals surface area contributed by atoms with E-state index in [9.17, 15) is 4.79 Å². The predicted molar refractivity (Wildman–Crippen MR) is 129 cm³/mol. The molecule has 0 spiro atoms. The molecule has 1 atom stereocenters. The maximum atomic E-state index is 15.4. The fraction of sp³-hybridized carbons (Fsp3) is 0.440. The summed E-state index contributed by atoms with van der Waals surface area (Å²) in [6, 6.07) is 3.12. The highest BCUT2D eigenvalue weighted by atomic mass is 19.1. The first-order chi connectivity index (χ1) is 16.9. The average Bonchev–Trinajstić information content (AvgIpc) is 3.52. The number of fused-ring (bicyclic) bond motifs is 3. The number of benzene rings is 1. The first-order valence-corrected chi connectivity index (χ1v) is 11.8. The Kier molecular flexibility index (Phi) is 6.33. The molecule has 0 saturated carbocycles. The molecule has 186 valence electrons. The van der Waals surface area contributed by atoms with Gasteiger partial charge < -0.3 is 19.8 Å². The van der Waals surface area contributed by atoms with Crippen LogP contribution < -0.4 is 19.9 Å². The summed E-state index contributed by atoms with van der Waals surface area (Å²) in [7, 11) is 2.94. The molecule has 35 heavy (non-hydrogen) atoms. The number of aromatic nitrogens is 2. The SMILES string of the molecule is CCCc1cc(OC)c(F)c(N2Cc3cnc4[nH]c(CN[C@@H]5CCOC5)cc4c3N(C)C2=O)c1F. The highest BCUT2D eigenvalue weighted by Crippen LogP contribution is 2.40. The van der Waals surface area contributed by atoms with E-state index >= 15 is 8.78 Å². The Hall–Kier alpha value is -3.24. The normalized spacial score (nSPS) is 18.0. The molecular formula is C25H29F2N5O3. The standard InChI is InChI=1S/C25H29F2N5O3/c1-4-5-14-8-19(34-3)21(27)23(20(14)26)32-12-15-10-29-24-18(22(15)31(2)25(32)33)9-17(30-24)11-28-16-6-7-35-13-16/h8-10,16,28H,4-7,11-13H2,1-3H3,(H,29,30)/t16-/m1/s1. The number of nitrogens with zero attached hydrogens (tertiary/aromatic N) is 3. The van der Waals surface area contributed by atoms with E-state index in [0.717, 1.165) is 29.0 Å². The number of H-pyrrole nitrogens is 1. The van der Waals surface area contributed by atoms with Crippen molar-refractivity contribution in [1.82, 2.24) is 15.3 Å². The Morgan fingerprint density at radius 3 is 2.83 bits per heavy atom. The van der Waals surface area contributed by atoms with Crippen molar-refractivity contribution in [3.63, 3.8) is 0 Å². The van der Waals surface area contributed by atoms with Crippen LogP contribution in [0.1, 0.15) is 36.6 Å².